The molecule has 0 aliphatic rings. The predicted molar refractivity (Wildman–Crippen MR) is 88.2 cm³/mol. The van der Waals surface area contributed by atoms with Gasteiger partial charge in [-0.15, -0.1) is 0 Å². The molecule has 0 atom stereocenters. The number of rotatable bonds is 6. The first-order valence-corrected chi connectivity index (χ1v) is 8.11. The second-order valence-electron chi connectivity index (χ2n) is 5.62. The van der Waals surface area contributed by atoms with Gasteiger partial charge in [0.15, 0.2) is 0 Å². The third-order valence-corrected chi connectivity index (χ3v) is 4.56. The molecule has 0 saturated heterocycles. The van der Waals surface area contributed by atoms with Crippen LogP contribution in [0.4, 0.5) is 4.39 Å². The van der Waals surface area contributed by atoms with Gasteiger partial charge in [0.1, 0.15) is 5.82 Å². The van der Waals surface area contributed by atoms with Crippen LogP contribution in [-0.2, 0) is 6.54 Å². The highest BCUT2D eigenvalue weighted by Gasteiger charge is 2.11. The van der Waals surface area contributed by atoms with E-state index in [2.05, 4.69) is 32.2 Å². The second-order valence-corrected chi connectivity index (χ2v) is 6.67. The molecule has 1 nitrogen and oxygen atoms in total. The average Bonchev–Trinajstić information content (AvgIpc) is 2.44. The molecule has 1 N–H and O–H groups in total. The van der Waals surface area contributed by atoms with Crippen molar-refractivity contribution >= 4 is 11.8 Å². The summed E-state index contributed by atoms with van der Waals surface area (Å²) in [5, 5.41) is 3.39. The molecule has 0 radical (unpaired) electrons. The van der Waals surface area contributed by atoms with E-state index in [1.165, 1.54) is 23.4 Å². The lowest BCUT2D eigenvalue weighted by Crippen LogP contribution is -2.19. The van der Waals surface area contributed by atoms with Gasteiger partial charge in [0.05, 0.1) is 4.90 Å². The van der Waals surface area contributed by atoms with Crippen LogP contribution < -0.4 is 5.32 Å². The van der Waals surface area contributed by atoms with Gasteiger partial charge >= 0.3 is 0 Å². The zero-order valence-electron chi connectivity index (χ0n) is 12.8. The van der Waals surface area contributed by atoms with Crippen LogP contribution in [0.1, 0.15) is 25.0 Å². The van der Waals surface area contributed by atoms with E-state index >= 15 is 0 Å². The molecule has 0 spiro atoms. The first-order chi connectivity index (χ1) is 10.1. The number of hydrogen-bond donors (Lipinski definition) is 1. The smallest absolute Gasteiger partial charge is 0.137 e. The van der Waals surface area contributed by atoms with E-state index in [1.54, 1.807) is 6.07 Å². The highest BCUT2D eigenvalue weighted by atomic mass is 32.2. The molecule has 3 heteroatoms. The van der Waals surface area contributed by atoms with Gasteiger partial charge in [-0.1, -0.05) is 55.9 Å². The summed E-state index contributed by atoms with van der Waals surface area (Å²) < 4.78 is 14.2. The Morgan fingerprint density at radius 3 is 2.57 bits per heavy atom. The van der Waals surface area contributed by atoms with E-state index in [-0.39, 0.29) is 5.82 Å². The molecule has 0 heterocycles. The quantitative estimate of drug-likeness (QED) is 0.803. The lowest BCUT2D eigenvalue weighted by atomic mass is 10.2. The van der Waals surface area contributed by atoms with E-state index in [9.17, 15) is 4.39 Å². The van der Waals surface area contributed by atoms with Crippen molar-refractivity contribution in [1.29, 1.82) is 0 Å². The van der Waals surface area contributed by atoms with Gasteiger partial charge in [0, 0.05) is 11.4 Å². The van der Waals surface area contributed by atoms with E-state index in [1.807, 2.05) is 24.3 Å². The summed E-state index contributed by atoms with van der Waals surface area (Å²) in [4.78, 5) is 1.83. The van der Waals surface area contributed by atoms with Gasteiger partial charge in [-0.25, -0.2) is 4.39 Å². The van der Waals surface area contributed by atoms with Crippen LogP contribution in [0.15, 0.2) is 52.3 Å². The molecule has 2 aromatic carbocycles. The van der Waals surface area contributed by atoms with E-state index in [0.717, 1.165) is 21.9 Å². The van der Waals surface area contributed by atoms with Crippen molar-refractivity contribution in [3.05, 3.63) is 59.4 Å². The zero-order valence-corrected chi connectivity index (χ0v) is 13.6. The Bertz CT molecular complexity index is 596. The van der Waals surface area contributed by atoms with Crippen LogP contribution in [0.5, 0.6) is 0 Å². The fraction of sp³-hybridized carbons (Fsp3) is 0.333. The Morgan fingerprint density at radius 2 is 1.86 bits per heavy atom. The van der Waals surface area contributed by atoms with Crippen molar-refractivity contribution < 1.29 is 4.39 Å². The third kappa shape index (κ3) is 4.58. The van der Waals surface area contributed by atoms with Crippen molar-refractivity contribution in [1.82, 2.24) is 5.32 Å². The number of hydrogen-bond acceptors (Lipinski definition) is 2. The molecule has 0 unspecified atom stereocenters. The van der Waals surface area contributed by atoms with Crippen LogP contribution in [-0.4, -0.2) is 6.54 Å². The van der Waals surface area contributed by atoms with Crippen LogP contribution in [0, 0.1) is 18.7 Å². The summed E-state index contributed by atoms with van der Waals surface area (Å²) >= 11 is 1.51. The number of halogens is 1. The van der Waals surface area contributed by atoms with E-state index in [4.69, 9.17) is 0 Å². The van der Waals surface area contributed by atoms with Gasteiger partial charge in [-0.05, 0) is 42.6 Å². The normalized spacial score (nSPS) is 11.1. The maximum absolute atomic E-state index is 14.2. The fourth-order valence-electron chi connectivity index (χ4n) is 2.08. The summed E-state index contributed by atoms with van der Waals surface area (Å²) in [5.41, 5.74) is 2.19. The first kappa shape index (κ1) is 16.1. The van der Waals surface area contributed by atoms with Crippen LogP contribution >= 0.6 is 11.8 Å². The minimum atomic E-state index is -0.146. The number of benzene rings is 2. The fourth-order valence-corrected chi connectivity index (χ4v) is 3.12. The zero-order chi connectivity index (χ0) is 15.2. The SMILES string of the molecule is Cc1ccccc1Sc1c(F)cccc1CNCC(C)C. The van der Waals surface area contributed by atoms with E-state index in [0.29, 0.717) is 12.5 Å². The van der Waals surface area contributed by atoms with Crippen molar-refractivity contribution in [3.8, 4) is 0 Å². The molecule has 2 aromatic rings. The third-order valence-electron chi connectivity index (χ3n) is 3.22. The molecule has 0 fully saturated rings. The van der Waals surface area contributed by atoms with Gasteiger partial charge in [-0.2, -0.15) is 0 Å². The Labute approximate surface area is 131 Å². The highest BCUT2D eigenvalue weighted by Crippen LogP contribution is 2.34. The molecular weight excluding hydrogens is 281 g/mol. The van der Waals surface area contributed by atoms with E-state index < -0.39 is 0 Å². The first-order valence-electron chi connectivity index (χ1n) is 7.29. The molecule has 2 rings (SSSR count). The van der Waals surface area contributed by atoms with Gasteiger partial charge < -0.3 is 5.32 Å². The average molecular weight is 303 g/mol. The Kier molecular flexibility index (Phi) is 5.83. The maximum atomic E-state index is 14.2. The van der Waals surface area contributed by atoms with Crippen molar-refractivity contribution in [2.75, 3.05) is 6.54 Å². The van der Waals surface area contributed by atoms with Crippen LogP contribution in [0.25, 0.3) is 0 Å². The van der Waals surface area contributed by atoms with Crippen LogP contribution in [0.2, 0.25) is 0 Å². The van der Waals surface area contributed by atoms with Gasteiger partial charge in [0.2, 0.25) is 0 Å². The van der Waals surface area contributed by atoms with Crippen molar-refractivity contribution in [2.45, 2.75) is 37.1 Å². The molecule has 0 aliphatic carbocycles. The minimum absolute atomic E-state index is 0.146. The standard InChI is InChI=1S/C18H22FNS/c1-13(2)11-20-12-15-8-6-9-16(19)18(15)21-17-10-5-4-7-14(17)3/h4-10,13,20H,11-12H2,1-3H3. The largest absolute Gasteiger partial charge is 0.312 e. The monoisotopic (exact) mass is 303 g/mol. The maximum Gasteiger partial charge on any atom is 0.137 e. The molecular formula is C18H22FNS. The number of nitrogens with one attached hydrogen (secondary N) is 1. The van der Waals surface area contributed by atoms with Gasteiger partial charge in [0.25, 0.3) is 0 Å². The molecule has 112 valence electrons. The lowest BCUT2D eigenvalue weighted by molar-refractivity contribution is 0.543. The summed E-state index contributed by atoms with van der Waals surface area (Å²) in [7, 11) is 0. The summed E-state index contributed by atoms with van der Waals surface area (Å²) in [6.45, 7) is 8.03. The molecule has 0 aromatic heterocycles. The van der Waals surface area contributed by atoms with Crippen LogP contribution in [0.3, 0.4) is 0 Å². The van der Waals surface area contributed by atoms with Crippen molar-refractivity contribution in [2.24, 2.45) is 5.92 Å². The topological polar surface area (TPSA) is 12.0 Å². The number of aryl methyl sites for hydroxylation is 1. The molecule has 0 bridgehead atoms. The summed E-state index contributed by atoms with van der Waals surface area (Å²) in [5.74, 6) is 0.443. The summed E-state index contributed by atoms with van der Waals surface area (Å²) in [6, 6.07) is 13.4. The lowest BCUT2D eigenvalue weighted by Gasteiger charge is -2.13. The predicted octanol–water partition coefficient (Wildman–Crippen LogP) is 5.03. The highest BCUT2D eigenvalue weighted by molar-refractivity contribution is 7.99. The van der Waals surface area contributed by atoms with Gasteiger partial charge in [-0.3, -0.25) is 0 Å². The molecule has 0 amide bonds. The summed E-state index contributed by atoms with van der Waals surface area (Å²) in [6.07, 6.45) is 0. The minimum Gasteiger partial charge on any atom is -0.312 e. The van der Waals surface area contributed by atoms with Crippen molar-refractivity contribution in [3.63, 3.8) is 0 Å². The second kappa shape index (κ2) is 7.62. The molecule has 21 heavy (non-hydrogen) atoms. The molecule has 0 aliphatic heterocycles. The Morgan fingerprint density at radius 1 is 1.10 bits per heavy atom. The Hall–Kier alpha value is -1.32. The Balaban J connectivity index is 2.20. The molecule has 0 saturated carbocycles.